The fraction of sp³-hybridized carbons (Fsp3) is 0.105. The number of anilines is 1. The highest BCUT2D eigenvalue weighted by molar-refractivity contribution is 6.16. The molecule has 2 heterocycles. The second-order valence-corrected chi connectivity index (χ2v) is 5.68. The van der Waals surface area contributed by atoms with E-state index in [1.807, 2.05) is 67.6 Å². The van der Waals surface area contributed by atoms with Crippen molar-refractivity contribution in [2.75, 3.05) is 5.32 Å². The maximum atomic E-state index is 12.3. The first-order chi connectivity index (χ1) is 11.7. The van der Waals surface area contributed by atoms with Crippen LogP contribution in [0, 0.1) is 6.92 Å². The monoisotopic (exact) mass is 316 g/mol. The van der Waals surface area contributed by atoms with Crippen molar-refractivity contribution in [1.82, 2.24) is 9.78 Å². The van der Waals surface area contributed by atoms with Crippen LogP contribution in [0.4, 0.5) is 11.5 Å². The number of para-hydroxylation sites is 1. The Morgan fingerprint density at radius 1 is 1.00 bits per heavy atom. The summed E-state index contributed by atoms with van der Waals surface area (Å²) in [6, 6.07) is 19.6. The molecule has 1 N–H and O–H groups in total. The van der Waals surface area contributed by atoms with Gasteiger partial charge in [0.25, 0.3) is 0 Å². The van der Waals surface area contributed by atoms with E-state index >= 15 is 0 Å². The zero-order valence-corrected chi connectivity index (χ0v) is 13.2. The molecule has 1 aliphatic rings. The number of aromatic nitrogens is 2. The number of carbonyl (C=O) groups excluding carboxylic acids is 1. The van der Waals surface area contributed by atoms with Crippen LogP contribution in [-0.4, -0.2) is 21.4 Å². The Bertz CT molecular complexity index is 927. The Hall–Kier alpha value is -3.21. The third-order valence-electron chi connectivity index (χ3n) is 3.98. The molecule has 24 heavy (non-hydrogen) atoms. The lowest BCUT2D eigenvalue weighted by atomic mass is 10.1. The van der Waals surface area contributed by atoms with Crippen molar-refractivity contribution < 1.29 is 4.79 Å². The Labute approximate surface area is 139 Å². The smallest absolute Gasteiger partial charge is 0.230 e. The van der Waals surface area contributed by atoms with E-state index < -0.39 is 0 Å². The normalized spacial score (nSPS) is 13.7. The lowest BCUT2D eigenvalue weighted by Gasteiger charge is -2.06. The molecule has 4 rings (SSSR count). The van der Waals surface area contributed by atoms with E-state index in [2.05, 4.69) is 10.4 Å². The zero-order valence-electron chi connectivity index (χ0n) is 13.2. The molecule has 0 spiro atoms. The zero-order chi connectivity index (χ0) is 16.5. The van der Waals surface area contributed by atoms with Crippen molar-refractivity contribution in [2.45, 2.75) is 13.3 Å². The topological polar surface area (TPSA) is 59.3 Å². The Kier molecular flexibility index (Phi) is 3.46. The molecular formula is C19H16N4O. The lowest BCUT2D eigenvalue weighted by molar-refractivity contribution is -0.115. The molecule has 0 bridgehead atoms. The van der Waals surface area contributed by atoms with Gasteiger partial charge in [-0.2, -0.15) is 5.10 Å². The van der Waals surface area contributed by atoms with Crippen molar-refractivity contribution in [1.29, 1.82) is 0 Å². The van der Waals surface area contributed by atoms with Crippen LogP contribution in [0.15, 0.2) is 65.7 Å². The summed E-state index contributed by atoms with van der Waals surface area (Å²) in [5.74, 6) is 0.579. The average molecular weight is 316 g/mol. The van der Waals surface area contributed by atoms with Crippen LogP contribution < -0.4 is 5.32 Å². The third-order valence-corrected chi connectivity index (χ3v) is 3.98. The van der Waals surface area contributed by atoms with Gasteiger partial charge in [-0.15, -0.1) is 0 Å². The van der Waals surface area contributed by atoms with Crippen molar-refractivity contribution in [3.05, 3.63) is 71.9 Å². The molecule has 2 aromatic carbocycles. The molecule has 5 heteroatoms. The highest BCUT2D eigenvalue weighted by atomic mass is 16.1. The van der Waals surface area contributed by atoms with Gasteiger partial charge < -0.3 is 5.32 Å². The lowest BCUT2D eigenvalue weighted by Crippen LogP contribution is -2.15. The molecule has 0 saturated carbocycles. The number of hydrogen-bond acceptors (Lipinski definition) is 3. The number of aliphatic imine (C=N–C) groups is 1. The summed E-state index contributed by atoms with van der Waals surface area (Å²) in [5, 5.41) is 7.51. The first kappa shape index (κ1) is 14.4. The molecular weight excluding hydrogens is 300 g/mol. The van der Waals surface area contributed by atoms with E-state index in [1.54, 1.807) is 4.68 Å². The molecule has 1 aromatic heterocycles. The minimum Gasteiger partial charge on any atom is -0.321 e. The number of nitrogens with zero attached hydrogens (tertiary/aromatic N) is 3. The summed E-state index contributed by atoms with van der Waals surface area (Å²) < 4.78 is 1.78. The van der Waals surface area contributed by atoms with Crippen LogP contribution >= 0.6 is 0 Å². The van der Waals surface area contributed by atoms with Crippen LogP contribution in [0.2, 0.25) is 0 Å². The average Bonchev–Trinajstić information content (AvgIpc) is 2.81. The van der Waals surface area contributed by atoms with Gasteiger partial charge in [0, 0.05) is 0 Å². The van der Waals surface area contributed by atoms with Crippen LogP contribution in [0.25, 0.3) is 5.69 Å². The second kappa shape index (κ2) is 5.77. The SMILES string of the molecule is Cc1nn(-c2ccccc2)c2c1NC(=O)CC(c1ccccc1)=N2. The van der Waals surface area contributed by atoms with Gasteiger partial charge in [0.1, 0.15) is 5.69 Å². The summed E-state index contributed by atoms with van der Waals surface area (Å²) in [6.07, 6.45) is 0.243. The number of benzene rings is 2. The summed E-state index contributed by atoms with van der Waals surface area (Å²) >= 11 is 0. The number of nitrogens with one attached hydrogen (secondary N) is 1. The standard InChI is InChI=1S/C19H16N4O/c1-13-18-19(23(22-13)15-10-6-3-7-11-15)20-16(12-17(24)21-18)14-8-4-2-5-9-14/h2-11H,12H2,1H3,(H,21,24). The number of rotatable bonds is 2. The first-order valence-electron chi connectivity index (χ1n) is 7.80. The van der Waals surface area contributed by atoms with Crippen LogP contribution in [-0.2, 0) is 4.79 Å². The largest absolute Gasteiger partial charge is 0.321 e. The van der Waals surface area contributed by atoms with Crippen molar-refractivity contribution in [3.8, 4) is 5.69 Å². The molecule has 118 valence electrons. The predicted octanol–water partition coefficient (Wildman–Crippen LogP) is 3.64. The maximum Gasteiger partial charge on any atom is 0.230 e. The van der Waals surface area contributed by atoms with Gasteiger partial charge in [-0.25, -0.2) is 9.67 Å². The number of amides is 1. The predicted molar refractivity (Wildman–Crippen MR) is 94.2 cm³/mol. The summed E-state index contributed by atoms with van der Waals surface area (Å²) in [4.78, 5) is 17.1. The number of aryl methyl sites for hydroxylation is 1. The van der Waals surface area contributed by atoms with Gasteiger partial charge in [0.05, 0.1) is 23.5 Å². The molecule has 0 radical (unpaired) electrons. The van der Waals surface area contributed by atoms with Gasteiger partial charge >= 0.3 is 0 Å². The molecule has 3 aromatic rings. The van der Waals surface area contributed by atoms with Crippen LogP contribution in [0.3, 0.4) is 0 Å². The van der Waals surface area contributed by atoms with E-state index in [-0.39, 0.29) is 12.3 Å². The Morgan fingerprint density at radius 2 is 1.67 bits per heavy atom. The summed E-state index contributed by atoms with van der Waals surface area (Å²) in [7, 11) is 0. The van der Waals surface area contributed by atoms with E-state index in [4.69, 9.17) is 4.99 Å². The second-order valence-electron chi connectivity index (χ2n) is 5.68. The minimum absolute atomic E-state index is 0.0768. The minimum atomic E-state index is -0.0768. The third kappa shape index (κ3) is 2.50. The van der Waals surface area contributed by atoms with Crippen molar-refractivity contribution in [3.63, 3.8) is 0 Å². The molecule has 0 fully saturated rings. The number of hydrogen-bond donors (Lipinski definition) is 1. The van der Waals surface area contributed by atoms with Gasteiger partial charge in [0.2, 0.25) is 5.91 Å². The molecule has 0 atom stereocenters. The molecule has 1 amide bonds. The number of fused-ring (bicyclic) bond motifs is 1. The molecule has 0 unspecified atom stereocenters. The van der Waals surface area contributed by atoms with E-state index in [0.717, 1.165) is 22.7 Å². The van der Waals surface area contributed by atoms with Gasteiger partial charge in [-0.3, -0.25) is 4.79 Å². The summed E-state index contributed by atoms with van der Waals surface area (Å²) in [5.41, 5.74) is 4.02. The highest BCUT2D eigenvalue weighted by Crippen LogP contribution is 2.34. The Balaban J connectivity index is 1.92. The fourth-order valence-electron chi connectivity index (χ4n) is 2.81. The van der Waals surface area contributed by atoms with Crippen LogP contribution in [0.5, 0.6) is 0 Å². The first-order valence-corrected chi connectivity index (χ1v) is 7.80. The molecule has 0 saturated heterocycles. The van der Waals surface area contributed by atoms with Crippen molar-refractivity contribution in [2.24, 2.45) is 4.99 Å². The summed E-state index contributed by atoms with van der Waals surface area (Å²) in [6.45, 7) is 1.88. The van der Waals surface area contributed by atoms with Gasteiger partial charge in [0.15, 0.2) is 5.82 Å². The Morgan fingerprint density at radius 3 is 2.38 bits per heavy atom. The highest BCUT2D eigenvalue weighted by Gasteiger charge is 2.23. The number of carbonyl (C=O) groups is 1. The quantitative estimate of drug-likeness (QED) is 0.784. The molecule has 0 aliphatic carbocycles. The van der Waals surface area contributed by atoms with Gasteiger partial charge in [-0.05, 0) is 24.6 Å². The molecule has 5 nitrogen and oxygen atoms in total. The van der Waals surface area contributed by atoms with Gasteiger partial charge in [-0.1, -0.05) is 48.5 Å². The van der Waals surface area contributed by atoms with Crippen LogP contribution in [0.1, 0.15) is 17.7 Å². The van der Waals surface area contributed by atoms with Crippen molar-refractivity contribution >= 4 is 23.1 Å². The van der Waals surface area contributed by atoms with E-state index in [9.17, 15) is 4.79 Å². The fourth-order valence-corrected chi connectivity index (χ4v) is 2.81. The molecule has 1 aliphatic heterocycles. The van der Waals surface area contributed by atoms with E-state index in [0.29, 0.717) is 11.5 Å². The maximum absolute atomic E-state index is 12.3. The van der Waals surface area contributed by atoms with E-state index in [1.165, 1.54) is 0 Å².